The van der Waals surface area contributed by atoms with Crippen LogP contribution in [-0.2, 0) is 13.0 Å². The van der Waals surface area contributed by atoms with Crippen LogP contribution in [0.4, 0.5) is 0 Å². The summed E-state index contributed by atoms with van der Waals surface area (Å²) in [4.78, 5) is 26.0. The molecule has 0 bridgehead atoms. The summed E-state index contributed by atoms with van der Waals surface area (Å²) in [5.74, 6) is 0.559. The number of nitrogens with zero attached hydrogens (tertiary/aromatic N) is 2. The molecule has 1 aliphatic rings. The molecular formula is C22H23N3O4. The Balaban J connectivity index is 1.81. The highest BCUT2D eigenvalue weighted by Gasteiger charge is 2.26. The number of aryl methyl sites for hydroxylation is 2. The topological polar surface area (TPSA) is 82.5 Å². The van der Waals surface area contributed by atoms with Crippen LogP contribution in [0.25, 0.3) is 10.8 Å². The van der Waals surface area contributed by atoms with Crippen LogP contribution >= 0.6 is 0 Å². The first-order chi connectivity index (χ1) is 14.1. The van der Waals surface area contributed by atoms with Crippen molar-refractivity contribution in [3.8, 4) is 11.5 Å². The molecular weight excluding hydrogens is 370 g/mol. The molecule has 0 spiro atoms. The van der Waals surface area contributed by atoms with Crippen LogP contribution in [0.1, 0.15) is 41.0 Å². The van der Waals surface area contributed by atoms with E-state index in [4.69, 9.17) is 9.47 Å². The largest absolute Gasteiger partial charge is 0.493 e. The highest BCUT2D eigenvalue weighted by atomic mass is 16.5. The van der Waals surface area contributed by atoms with Crippen molar-refractivity contribution in [2.75, 3.05) is 14.2 Å². The lowest BCUT2D eigenvalue weighted by Crippen LogP contribution is -2.32. The van der Waals surface area contributed by atoms with Crippen molar-refractivity contribution in [3.63, 3.8) is 0 Å². The Bertz CT molecular complexity index is 1150. The van der Waals surface area contributed by atoms with Crippen molar-refractivity contribution in [2.45, 2.75) is 32.4 Å². The summed E-state index contributed by atoms with van der Waals surface area (Å²) in [7, 11) is 3.02. The highest BCUT2D eigenvalue weighted by molar-refractivity contribution is 6.05. The predicted octanol–water partition coefficient (Wildman–Crippen LogP) is 2.85. The van der Waals surface area contributed by atoms with Crippen LogP contribution in [0.5, 0.6) is 11.5 Å². The molecule has 2 aromatic carbocycles. The third kappa shape index (κ3) is 3.22. The van der Waals surface area contributed by atoms with E-state index in [1.807, 2.05) is 25.1 Å². The van der Waals surface area contributed by atoms with Crippen LogP contribution in [-0.4, -0.2) is 29.9 Å². The molecule has 0 fully saturated rings. The van der Waals surface area contributed by atoms with Crippen LogP contribution in [0.3, 0.4) is 0 Å². The Morgan fingerprint density at radius 2 is 1.86 bits per heavy atom. The van der Waals surface area contributed by atoms with E-state index < -0.39 is 0 Å². The molecule has 0 unspecified atom stereocenters. The molecule has 1 N–H and O–H groups in total. The van der Waals surface area contributed by atoms with Gasteiger partial charge in [0, 0.05) is 11.9 Å². The van der Waals surface area contributed by atoms with Crippen molar-refractivity contribution >= 4 is 16.7 Å². The van der Waals surface area contributed by atoms with E-state index in [-0.39, 0.29) is 23.2 Å². The second kappa shape index (κ2) is 7.58. The van der Waals surface area contributed by atoms with Gasteiger partial charge in [-0.3, -0.25) is 9.59 Å². The molecule has 1 heterocycles. The molecule has 7 nitrogen and oxygen atoms in total. The van der Waals surface area contributed by atoms with Gasteiger partial charge in [-0.2, -0.15) is 5.10 Å². The summed E-state index contributed by atoms with van der Waals surface area (Å²) >= 11 is 0. The van der Waals surface area contributed by atoms with Gasteiger partial charge in [-0.15, -0.1) is 0 Å². The molecule has 29 heavy (non-hydrogen) atoms. The smallest absolute Gasteiger partial charge is 0.274 e. The molecule has 0 aliphatic heterocycles. The van der Waals surface area contributed by atoms with Crippen molar-refractivity contribution in [3.05, 3.63) is 63.6 Å². The summed E-state index contributed by atoms with van der Waals surface area (Å²) < 4.78 is 12.0. The average molecular weight is 393 g/mol. The number of fused-ring (bicyclic) bond motifs is 2. The number of hydrogen-bond acceptors (Lipinski definition) is 5. The monoisotopic (exact) mass is 393 g/mol. The highest BCUT2D eigenvalue weighted by Crippen LogP contribution is 2.33. The fourth-order valence-corrected chi connectivity index (χ4v) is 3.93. The zero-order chi connectivity index (χ0) is 20.5. The van der Waals surface area contributed by atoms with Gasteiger partial charge in [0.05, 0.1) is 25.6 Å². The minimum Gasteiger partial charge on any atom is -0.493 e. The normalized spacial score (nSPS) is 15.2. The number of nitrogens with one attached hydrogen (secondary N) is 1. The first kappa shape index (κ1) is 19.0. The van der Waals surface area contributed by atoms with Crippen LogP contribution < -0.4 is 20.3 Å². The van der Waals surface area contributed by atoms with E-state index in [1.165, 1.54) is 24.5 Å². The maximum atomic E-state index is 13.2. The summed E-state index contributed by atoms with van der Waals surface area (Å²) in [6, 6.07) is 11.3. The number of rotatable bonds is 5. The van der Waals surface area contributed by atoms with Crippen LogP contribution in [0.15, 0.2) is 41.2 Å². The minimum absolute atomic E-state index is 0.0716. The van der Waals surface area contributed by atoms with Gasteiger partial charge in [0.2, 0.25) is 0 Å². The Morgan fingerprint density at radius 1 is 1.17 bits per heavy atom. The lowest BCUT2D eigenvalue weighted by atomic mass is 10.1. The quantitative estimate of drug-likeness (QED) is 0.721. The number of carbonyl (C=O) groups excluding carboxylic acids is 1. The zero-order valence-corrected chi connectivity index (χ0v) is 16.7. The van der Waals surface area contributed by atoms with Gasteiger partial charge in [0.15, 0.2) is 17.2 Å². The number of carbonyl (C=O) groups is 1. The fourth-order valence-electron chi connectivity index (χ4n) is 3.93. The molecule has 7 heteroatoms. The molecule has 150 valence electrons. The maximum absolute atomic E-state index is 13.2. The Morgan fingerprint density at radius 3 is 2.55 bits per heavy atom. The zero-order valence-electron chi connectivity index (χ0n) is 16.7. The predicted molar refractivity (Wildman–Crippen MR) is 110 cm³/mol. The summed E-state index contributed by atoms with van der Waals surface area (Å²) in [5.41, 5.74) is 2.31. The standard InChI is InChI=1S/C22H23N3O4/c1-4-25-22(27)16-12-19(29-3)18(28-2)11-15(16)20(24-25)21(26)23-17-10-9-13-7-5-6-8-14(13)17/h5-8,11-12,17H,4,9-10H2,1-3H3,(H,23,26)/t17-/m0/s1. The van der Waals surface area contributed by atoms with E-state index in [9.17, 15) is 9.59 Å². The minimum atomic E-state index is -0.314. The van der Waals surface area contributed by atoms with Crippen LogP contribution in [0.2, 0.25) is 0 Å². The van der Waals surface area contributed by atoms with E-state index >= 15 is 0 Å². The molecule has 3 aromatic rings. The third-order valence-corrected chi connectivity index (χ3v) is 5.42. The first-order valence-electron chi connectivity index (χ1n) is 9.62. The molecule has 1 aromatic heterocycles. The summed E-state index contributed by atoms with van der Waals surface area (Å²) in [6.07, 6.45) is 1.77. The van der Waals surface area contributed by atoms with Gasteiger partial charge < -0.3 is 14.8 Å². The van der Waals surface area contributed by atoms with E-state index in [0.717, 1.165) is 18.4 Å². The van der Waals surface area contributed by atoms with Gasteiger partial charge in [0.1, 0.15) is 0 Å². The Hall–Kier alpha value is -3.35. The molecule has 0 saturated heterocycles. The molecule has 1 aliphatic carbocycles. The SMILES string of the molecule is CCn1nc(C(=O)N[C@H]2CCc3ccccc32)c2cc(OC)c(OC)cc2c1=O. The number of hydrogen-bond donors (Lipinski definition) is 1. The van der Waals surface area contributed by atoms with Gasteiger partial charge in [-0.1, -0.05) is 24.3 Å². The van der Waals surface area contributed by atoms with Crippen molar-refractivity contribution in [2.24, 2.45) is 0 Å². The number of ether oxygens (including phenoxy) is 2. The lowest BCUT2D eigenvalue weighted by molar-refractivity contribution is 0.0931. The third-order valence-electron chi connectivity index (χ3n) is 5.42. The number of methoxy groups -OCH3 is 2. The molecule has 1 amide bonds. The number of aromatic nitrogens is 2. The van der Waals surface area contributed by atoms with Gasteiger partial charge in [-0.25, -0.2) is 4.68 Å². The van der Waals surface area contributed by atoms with Gasteiger partial charge >= 0.3 is 0 Å². The second-order valence-corrected chi connectivity index (χ2v) is 6.99. The van der Waals surface area contributed by atoms with Crippen molar-refractivity contribution in [1.82, 2.24) is 15.1 Å². The van der Waals surface area contributed by atoms with E-state index in [1.54, 1.807) is 12.1 Å². The lowest BCUT2D eigenvalue weighted by Gasteiger charge is -2.16. The average Bonchev–Trinajstić information content (AvgIpc) is 3.16. The van der Waals surface area contributed by atoms with Crippen LogP contribution in [0, 0.1) is 0 Å². The van der Waals surface area contributed by atoms with E-state index in [0.29, 0.717) is 28.8 Å². The first-order valence-corrected chi connectivity index (χ1v) is 9.62. The molecule has 0 saturated carbocycles. The van der Waals surface area contributed by atoms with E-state index in [2.05, 4.69) is 16.5 Å². The Kier molecular flexibility index (Phi) is 4.96. The fraction of sp³-hybridized carbons (Fsp3) is 0.318. The number of benzene rings is 2. The van der Waals surface area contributed by atoms with Crippen molar-refractivity contribution in [1.29, 1.82) is 0 Å². The molecule has 1 atom stereocenters. The van der Waals surface area contributed by atoms with Gasteiger partial charge in [-0.05, 0) is 43.0 Å². The summed E-state index contributed by atoms with van der Waals surface area (Å²) in [5, 5.41) is 8.25. The Labute approximate surface area is 168 Å². The molecule has 4 rings (SSSR count). The number of amides is 1. The maximum Gasteiger partial charge on any atom is 0.274 e. The summed E-state index contributed by atoms with van der Waals surface area (Å²) in [6.45, 7) is 2.17. The second-order valence-electron chi connectivity index (χ2n) is 6.99. The molecule has 0 radical (unpaired) electrons. The van der Waals surface area contributed by atoms with Crippen molar-refractivity contribution < 1.29 is 14.3 Å². The van der Waals surface area contributed by atoms with Gasteiger partial charge in [0.25, 0.3) is 11.5 Å².